The largest absolute Gasteiger partial charge is 0.355 e. The Morgan fingerprint density at radius 2 is 2.07 bits per heavy atom. The summed E-state index contributed by atoms with van der Waals surface area (Å²) in [6.07, 6.45) is 1.35. The highest BCUT2D eigenvalue weighted by atomic mass is 16.7. The van der Waals surface area contributed by atoms with Crippen molar-refractivity contribution in [2.24, 2.45) is 5.92 Å². The Morgan fingerprint density at radius 1 is 1.29 bits per heavy atom. The maximum absolute atomic E-state index is 5.44. The fourth-order valence-corrected chi connectivity index (χ4v) is 1.77. The topological polar surface area (TPSA) is 18.5 Å². The number of rotatable bonds is 2. The molecule has 2 atom stereocenters. The molecule has 1 heterocycles. The van der Waals surface area contributed by atoms with Gasteiger partial charge in [0.25, 0.3) is 0 Å². The first kappa shape index (κ1) is 9.69. The van der Waals surface area contributed by atoms with Gasteiger partial charge in [0.15, 0.2) is 0 Å². The molecule has 2 rings (SSSR count). The third kappa shape index (κ3) is 2.34. The Bertz CT molecular complexity index is 271. The first-order valence-corrected chi connectivity index (χ1v) is 5.09. The average Bonchev–Trinajstić information content (AvgIpc) is 2.23. The Labute approximate surface area is 84.8 Å². The highest BCUT2D eigenvalue weighted by Gasteiger charge is 2.22. The van der Waals surface area contributed by atoms with Gasteiger partial charge in [-0.05, 0) is 18.9 Å². The highest BCUT2D eigenvalue weighted by molar-refractivity contribution is 5.15. The zero-order valence-corrected chi connectivity index (χ0v) is 8.48. The fourth-order valence-electron chi connectivity index (χ4n) is 1.77. The van der Waals surface area contributed by atoms with E-state index in [2.05, 4.69) is 31.2 Å². The summed E-state index contributed by atoms with van der Waals surface area (Å²) >= 11 is 0. The van der Waals surface area contributed by atoms with Crippen LogP contribution in [0.2, 0.25) is 0 Å². The van der Waals surface area contributed by atoms with Crippen molar-refractivity contribution in [2.75, 3.05) is 13.4 Å². The Balaban J connectivity index is 1.96. The molecule has 0 saturated carbocycles. The first-order chi connectivity index (χ1) is 6.86. The maximum atomic E-state index is 5.44. The molecule has 1 aliphatic heterocycles. The van der Waals surface area contributed by atoms with E-state index in [1.54, 1.807) is 0 Å². The van der Waals surface area contributed by atoms with Gasteiger partial charge >= 0.3 is 0 Å². The van der Waals surface area contributed by atoms with Crippen LogP contribution in [0, 0.1) is 5.92 Å². The zero-order chi connectivity index (χ0) is 9.80. The van der Waals surface area contributed by atoms with E-state index in [1.165, 1.54) is 5.56 Å². The molecular formula is C12H16O2. The van der Waals surface area contributed by atoms with Crippen LogP contribution < -0.4 is 0 Å². The van der Waals surface area contributed by atoms with Crippen molar-refractivity contribution in [3.05, 3.63) is 35.9 Å². The molecule has 1 saturated heterocycles. The minimum absolute atomic E-state index is 0.309. The van der Waals surface area contributed by atoms with Crippen LogP contribution in [0.5, 0.6) is 0 Å². The molecule has 0 unspecified atom stereocenters. The third-order valence-corrected chi connectivity index (χ3v) is 2.75. The predicted molar refractivity (Wildman–Crippen MR) is 55.0 cm³/mol. The Kier molecular flexibility index (Phi) is 3.17. The number of hydrogen-bond acceptors (Lipinski definition) is 2. The van der Waals surface area contributed by atoms with Gasteiger partial charge in [0.2, 0.25) is 0 Å². The molecule has 1 fully saturated rings. The quantitative estimate of drug-likeness (QED) is 0.715. The van der Waals surface area contributed by atoms with Gasteiger partial charge in [-0.1, -0.05) is 30.3 Å². The molecule has 0 bridgehead atoms. The van der Waals surface area contributed by atoms with Crippen molar-refractivity contribution in [3.63, 3.8) is 0 Å². The van der Waals surface area contributed by atoms with Gasteiger partial charge in [-0.15, -0.1) is 0 Å². The van der Waals surface area contributed by atoms with E-state index in [0.717, 1.165) is 13.0 Å². The number of benzene rings is 1. The molecule has 1 aliphatic rings. The van der Waals surface area contributed by atoms with E-state index >= 15 is 0 Å². The van der Waals surface area contributed by atoms with Crippen LogP contribution in [-0.4, -0.2) is 19.5 Å². The van der Waals surface area contributed by atoms with Crippen molar-refractivity contribution in [1.82, 2.24) is 0 Å². The van der Waals surface area contributed by atoms with Crippen molar-refractivity contribution in [2.45, 2.75) is 19.4 Å². The summed E-state index contributed by atoms with van der Waals surface area (Å²) in [6.45, 7) is 3.39. The third-order valence-electron chi connectivity index (χ3n) is 2.75. The molecule has 14 heavy (non-hydrogen) atoms. The molecule has 1 aromatic carbocycles. The summed E-state index contributed by atoms with van der Waals surface area (Å²) in [5, 5.41) is 0. The monoisotopic (exact) mass is 192 g/mol. The second-order valence-electron chi connectivity index (χ2n) is 3.81. The smallest absolute Gasteiger partial charge is 0.147 e. The van der Waals surface area contributed by atoms with E-state index in [9.17, 15) is 0 Å². The van der Waals surface area contributed by atoms with Crippen LogP contribution in [-0.2, 0) is 15.9 Å². The van der Waals surface area contributed by atoms with Crippen molar-refractivity contribution >= 4 is 0 Å². The molecule has 0 radical (unpaired) electrons. The molecular weight excluding hydrogens is 176 g/mol. The number of hydrogen-bond donors (Lipinski definition) is 0. The molecule has 0 aliphatic carbocycles. The van der Waals surface area contributed by atoms with E-state index in [0.29, 0.717) is 18.8 Å². The van der Waals surface area contributed by atoms with Crippen LogP contribution in [0.3, 0.4) is 0 Å². The zero-order valence-electron chi connectivity index (χ0n) is 8.48. The van der Waals surface area contributed by atoms with Crippen molar-refractivity contribution in [3.8, 4) is 0 Å². The fraction of sp³-hybridized carbons (Fsp3) is 0.500. The molecule has 76 valence electrons. The van der Waals surface area contributed by atoms with Crippen LogP contribution in [0.25, 0.3) is 0 Å². The van der Waals surface area contributed by atoms with Gasteiger partial charge in [0.05, 0.1) is 12.7 Å². The van der Waals surface area contributed by atoms with Crippen LogP contribution in [0.4, 0.5) is 0 Å². The lowest BCUT2D eigenvalue weighted by Gasteiger charge is -2.29. The predicted octanol–water partition coefficient (Wildman–Crippen LogP) is 2.24. The Morgan fingerprint density at radius 3 is 2.79 bits per heavy atom. The van der Waals surface area contributed by atoms with Gasteiger partial charge in [-0.25, -0.2) is 0 Å². The second kappa shape index (κ2) is 4.58. The minimum atomic E-state index is 0.309. The van der Waals surface area contributed by atoms with E-state index in [4.69, 9.17) is 9.47 Å². The van der Waals surface area contributed by atoms with Gasteiger partial charge in [0.1, 0.15) is 6.79 Å². The van der Waals surface area contributed by atoms with Crippen LogP contribution >= 0.6 is 0 Å². The lowest BCUT2D eigenvalue weighted by atomic mass is 9.95. The van der Waals surface area contributed by atoms with E-state index in [-0.39, 0.29) is 0 Å². The standard InChI is InChI=1S/C12H16O2/c1-10-12(8-13-9-14-10)7-11-5-3-2-4-6-11/h2-6,10,12H,7-9H2,1H3/t10-,12+/m0/s1. The minimum Gasteiger partial charge on any atom is -0.355 e. The maximum Gasteiger partial charge on any atom is 0.147 e. The lowest BCUT2D eigenvalue weighted by Crippen LogP contribution is -2.33. The molecule has 2 heteroatoms. The lowest BCUT2D eigenvalue weighted by molar-refractivity contribution is -0.163. The molecule has 0 spiro atoms. The van der Waals surface area contributed by atoms with Gasteiger partial charge < -0.3 is 9.47 Å². The summed E-state index contributed by atoms with van der Waals surface area (Å²) in [4.78, 5) is 0. The van der Waals surface area contributed by atoms with Crippen molar-refractivity contribution < 1.29 is 9.47 Å². The van der Waals surface area contributed by atoms with Crippen molar-refractivity contribution in [1.29, 1.82) is 0 Å². The van der Waals surface area contributed by atoms with Crippen LogP contribution in [0.15, 0.2) is 30.3 Å². The second-order valence-corrected chi connectivity index (χ2v) is 3.81. The molecule has 2 nitrogen and oxygen atoms in total. The van der Waals surface area contributed by atoms with Gasteiger partial charge in [-0.2, -0.15) is 0 Å². The Hall–Kier alpha value is -0.860. The number of ether oxygens (including phenoxy) is 2. The average molecular weight is 192 g/mol. The molecule has 0 N–H and O–H groups in total. The van der Waals surface area contributed by atoms with Gasteiger partial charge in [0, 0.05) is 5.92 Å². The van der Waals surface area contributed by atoms with Gasteiger partial charge in [-0.3, -0.25) is 0 Å². The summed E-state index contributed by atoms with van der Waals surface area (Å²) in [6, 6.07) is 10.5. The highest BCUT2D eigenvalue weighted by Crippen LogP contribution is 2.18. The molecule has 0 amide bonds. The normalized spacial score (nSPS) is 27.5. The van der Waals surface area contributed by atoms with E-state index < -0.39 is 0 Å². The molecule has 1 aromatic rings. The summed E-state index contributed by atoms with van der Waals surface area (Å²) in [5.41, 5.74) is 1.36. The van der Waals surface area contributed by atoms with E-state index in [1.807, 2.05) is 6.07 Å². The summed E-state index contributed by atoms with van der Waals surface area (Å²) in [7, 11) is 0. The van der Waals surface area contributed by atoms with Crippen LogP contribution in [0.1, 0.15) is 12.5 Å². The summed E-state index contributed by atoms with van der Waals surface area (Å²) in [5.74, 6) is 0.492. The SMILES string of the molecule is C[C@@H]1OCOC[C@H]1Cc1ccccc1. The first-order valence-electron chi connectivity index (χ1n) is 5.09. The molecule has 0 aromatic heterocycles. The summed E-state index contributed by atoms with van der Waals surface area (Å²) < 4.78 is 10.7.